The Bertz CT molecular complexity index is 589. The first-order valence-corrected chi connectivity index (χ1v) is 12.0. The van der Waals surface area contributed by atoms with E-state index in [0.29, 0.717) is 17.1 Å². The molecule has 0 aromatic heterocycles. The molecule has 2 heteroatoms. The molecule has 0 aromatic carbocycles. The van der Waals surface area contributed by atoms with Gasteiger partial charge in [0.2, 0.25) is 0 Å². The molecule has 3 rings (SSSR count). The molecule has 0 aromatic rings. The van der Waals surface area contributed by atoms with Crippen molar-refractivity contribution >= 4 is 5.78 Å². The van der Waals surface area contributed by atoms with Crippen LogP contribution in [0.5, 0.6) is 0 Å². The normalized spacial score (nSPS) is 41.3. The van der Waals surface area contributed by atoms with E-state index in [2.05, 4.69) is 40.7 Å². The molecule has 3 fully saturated rings. The highest BCUT2D eigenvalue weighted by Gasteiger charge is 2.59. The Hall–Kier alpha value is -0.630. The lowest BCUT2D eigenvalue weighted by atomic mass is 9.48. The van der Waals surface area contributed by atoms with E-state index < -0.39 is 0 Å². The smallest absolute Gasteiger partial charge is 0.139 e. The number of hydrogen-bond donors (Lipinski definition) is 1. The first-order chi connectivity index (χ1) is 13.2. The molecule has 1 N–H and O–H groups in total. The Morgan fingerprint density at radius 3 is 2.61 bits per heavy atom. The summed E-state index contributed by atoms with van der Waals surface area (Å²) in [7, 11) is 0. The molecule has 0 aliphatic heterocycles. The first kappa shape index (κ1) is 22.1. The SMILES string of the molecule is CC(C)=CCC[C@@H](C)[C@H]1CC[C@H]2[C@@H]3CCC(=O)[C@](C)(CCCO)[C@H]3CC[C@]12C. The first-order valence-electron chi connectivity index (χ1n) is 12.0. The lowest BCUT2D eigenvalue weighted by molar-refractivity contribution is -0.146. The fourth-order valence-corrected chi connectivity index (χ4v) is 7.85. The molecular formula is C26H44O2. The van der Waals surface area contributed by atoms with Crippen molar-refractivity contribution in [3.63, 3.8) is 0 Å². The van der Waals surface area contributed by atoms with Gasteiger partial charge in [-0.2, -0.15) is 0 Å². The van der Waals surface area contributed by atoms with Crippen LogP contribution in [-0.4, -0.2) is 17.5 Å². The van der Waals surface area contributed by atoms with Crippen molar-refractivity contribution < 1.29 is 9.90 Å². The van der Waals surface area contributed by atoms with Gasteiger partial charge in [-0.3, -0.25) is 4.79 Å². The molecule has 0 heterocycles. The third-order valence-electron chi connectivity index (χ3n) is 9.39. The van der Waals surface area contributed by atoms with Gasteiger partial charge in [-0.15, -0.1) is 0 Å². The average molecular weight is 389 g/mol. The summed E-state index contributed by atoms with van der Waals surface area (Å²) in [5.74, 6) is 4.23. The molecule has 0 saturated heterocycles. The van der Waals surface area contributed by atoms with E-state index in [1.807, 2.05) is 0 Å². The van der Waals surface area contributed by atoms with E-state index in [0.717, 1.165) is 49.4 Å². The maximum atomic E-state index is 12.9. The zero-order valence-corrected chi connectivity index (χ0v) is 19.1. The van der Waals surface area contributed by atoms with Crippen molar-refractivity contribution in [2.24, 2.45) is 40.4 Å². The van der Waals surface area contributed by atoms with Crippen LogP contribution in [-0.2, 0) is 4.79 Å². The molecule has 28 heavy (non-hydrogen) atoms. The molecule has 0 spiro atoms. The second-order valence-electron chi connectivity index (χ2n) is 11.1. The number of fused-ring (bicyclic) bond motifs is 3. The lowest BCUT2D eigenvalue weighted by Crippen LogP contribution is -2.52. The van der Waals surface area contributed by atoms with E-state index in [1.54, 1.807) is 0 Å². The van der Waals surface area contributed by atoms with Crippen LogP contribution in [0, 0.1) is 40.4 Å². The highest BCUT2D eigenvalue weighted by molar-refractivity contribution is 5.85. The maximum Gasteiger partial charge on any atom is 0.139 e. The van der Waals surface area contributed by atoms with E-state index in [-0.39, 0.29) is 12.0 Å². The minimum Gasteiger partial charge on any atom is -0.396 e. The summed E-state index contributed by atoms with van der Waals surface area (Å²) in [6, 6.07) is 0. The highest BCUT2D eigenvalue weighted by Crippen LogP contribution is 2.65. The van der Waals surface area contributed by atoms with Gasteiger partial charge in [0.05, 0.1) is 0 Å². The van der Waals surface area contributed by atoms with Gasteiger partial charge in [0.15, 0.2) is 0 Å². The van der Waals surface area contributed by atoms with Crippen molar-refractivity contribution in [1.29, 1.82) is 0 Å². The Morgan fingerprint density at radius 1 is 1.18 bits per heavy atom. The van der Waals surface area contributed by atoms with Crippen molar-refractivity contribution in [2.45, 2.75) is 98.8 Å². The van der Waals surface area contributed by atoms with Crippen LogP contribution in [0.3, 0.4) is 0 Å². The number of Topliss-reactive ketones (excluding diaryl/α,β-unsaturated/α-hetero) is 1. The molecule has 0 amide bonds. The third kappa shape index (κ3) is 3.87. The Balaban J connectivity index is 1.75. The number of rotatable bonds is 7. The Kier molecular flexibility index (Phi) is 6.79. The monoisotopic (exact) mass is 388 g/mol. The summed E-state index contributed by atoms with van der Waals surface area (Å²) in [5, 5.41) is 9.37. The summed E-state index contributed by atoms with van der Waals surface area (Å²) < 4.78 is 0. The van der Waals surface area contributed by atoms with Gasteiger partial charge in [-0.25, -0.2) is 0 Å². The number of allylic oxidation sites excluding steroid dienone is 2. The molecule has 7 atom stereocenters. The van der Waals surface area contributed by atoms with Crippen LogP contribution in [0.1, 0.15) is 98.8 Å². The lowest BCUT2D eigenvalue weighted by Gasteiger charge is -2.56. The fraction of sp³-hybridized carbons (Fsp3) is 0.885. The van der Waals surface area contributed by atoms with Gasteiger partial charge in [0.25, 0.3) is 0 Å². The molecule has 3 aliphatic carbocycles. The number of carbonyl (C=O) groups excluding carboxylic acids is 1. The summed E-state index contributed by atoms with van der Waals surface area (Å²) in [6.45, 7) is 12.0. The van der Waals surface area contributed by atoms with Gasteiger partial charge < -0.3 is 5.11 Å². The number of carbonyl (C=O) groups is 1. The standard InChI is InChI=1S/C26H44O2/c1-18(2)8-6-9-19(3)21-11-12-22-20-10-13-24(28)26(5,15-7-17-27)23(20)14-16-25(21,22)4/h8,19-23,27H,6-7,9-17H2,1-5H3/t19-,20+,21-,22+,23+,25-,26-/m1/s1. The van der Waals surface area contributed by atoms with Gasteiger partial charge in [0, 0.05) is 18.4 Å². The zero-order valence-electron chi connectivity index (χ0n) is 19.1. The van der Waals surface area contributed by atoms with E-state index in [1.165, 1.54) is 44.1 Å². The number of hydrogen-bond acceptors (Lipinski definition) is 2. The number of ketones is 1. The minimum atomic E-state index is -0.180. The predicted molar refractivity (Wildman–Crippen MR) is 117 cm³/mol. The highest BCUT2D eigenvalue weighted by atomic mass is 16.3. The second-order valence-corrected chi connectivity index (χ2v) is 11.1. The van der Waals surface area contributed by atoms with Gasteiger partial charge in [-0.05, 0) is 107 Å². The van der Waals surface area contributed by atoms with Crippen LogP contribution in [0.2, 0.25) is 0 Å². The van der Waals surface area contributed by atoms with Gasteiger partial charge in [0.1, 0.15) is 5.78 Å². The molecule has 160 valence electrons. The van der Waals surface area contributed by atoms with Crippen LogP contribution in [0.4, 0.5) is 0 Å². The number of aliphatic hydroxyl groups excluding tert-OH is 1. The van der Waals surface area contributed by atoms with Gasteiger partial charge >= 0.3 is 0 Å². The van der Waals surface area contributed by atoms with Crippen LogP contribution >= 0.6 is 0 Å². The van der Waals surface area contributed by atoms with Gasteiger partial charge in [-0.1, -0.05) is 32.4 Å². The fourth-order valence-electron chi connectivity index (χ4n) is 7.85. The molecular weight excluding hydrogens is 344 g/mol. The minimum absolute atomic E-state index is 0.180. The summed E-state index contributed by atoms with van der Waals surface area (Å²) in [5.41, 5.74) is 1.74. The van der Waals surface area contributed by atoms with Crippen LogP contribution < -0.4 is 0 Å². The largest absolute Gasteiger partial charge is 0.396 e. The van der Waals surface area contributed by atoms with E-state index in [9.17, 15) is 9.90 Å². The van der Waals surface area contributed by atoms with Crippen molar-refractivity contribution in [3.05, 3.63) is 11.6 Å². The molecule has 0 radical (unpaired) electrons. The third-order valence-corrected chi connectivity index (χ3v) is 9.39. The Morgan fingerprint density at radius 2 is 1.93 bits per heavy atom. The molecule has 3 saturated carbocycles. The Labute approximate surface area is 173 Å². The second kappa shape index (κ2) is 8.62. The zero-order chi connectivity index (χ0) is 20.5. The summed E-state index contributed by atoms with van der Waals surface area (Å²) >= 11 is 0. The summed E-state index contributed by atoms with van der Waals surface area (Å²) in [6.07, 6.45) is 13.8. The number of aliphatic hydroxyl groups is 1. The molecule has 2 nitrogen and oxygen atoms in total. The van der Waals surface area contributed by atoms with Crippen LogP contribution in [0.15, 0.2) is 11.6 Å². The van der Waals surface area contributed by atoms with Crippen molar-refractivity contribution in [3.8, 4) is 0 Å². The van der Waals surface area contributed by atoms with E-state index in [4.69, 9.17) is 0 Å². The van der Waals surface area contributed by atoms with Crippen molar-refractivity contribution in [1.82, 2.24) is 0 Å². The molecule has 3 aliphatic rings. The maximum absolute atomic E-state index is 12.9. The molecule has 0 unspecified atom stereocenters. The topological polar surface area (TPSA) is 37.3 Å². The quantitative estimate of drug-likeness (QED) is 0.501. The van der Waals surface area contributed by atoms with E-state index >= 15 is 0 Å². The summed E-state index contributed by atoms with van der Waals surface area (Å²) in [4.78, 5) is 12.9. The molecule has 0 bridgehead atoms. The average Bonchev–Trinajstić information content (AvgIpc) is 3.00. The van der Waals surface area contributed by atoms with Crippen molar-refractivity contribution in [2.75, 3.05) is 6.61 Å². The predicted octanol–water partition coefficient (Wildman–Crippen LogP) is 6.57. The van der Waals surface area contributed by atoms with Crippen LogP contribution in [0.25, 0.3) is 0 Å².